The fourth-order valence-corrected chi connectivity index (χ4v) is 2.63. The maximum atomic E-state index is 12.8. The van der Waals surface area contributed by atoms with Gasteiger partial charge in [0.05, 0.1) is 6.54 Å². The van der Waals surface area contributed by atoms with E-state index >= 15 is 0 Å². The molecule has 1 heterocycles. The standard InChI is InChI=1S/C19H22FNO4/c1-12-10-16(13(2)25-12)19(3,24)11-21-18(23)9-8-17(22)14-4-6-15(20)7-5-14/h4-7,10,24H,8-9,11H2,1-3H3,(H,21,23). The molecule has 0 spiro atoms. The highest BCUT2D eigenvalue weighted by atomic mass is 19.1. The van der Waals surface area contributed by atoms with Gasteiger partial charge in [-0.1, -0.05) is 0 Å². The van der Waals surface area contributed by atoms with Crippen molar-refractivity contribution in [3.05, 3.63) is 58.8 Å². The van der Waals surface area contributed by atoms with E-state index in [1.54, 1.807) is 26.8 Å². The highest BCUT2D eigenvalue weighted by Gasteiger charge is 2.28. The molecule has 1 aromatic heterocycles. The molecule has 0 saturated carbocycles. The summed E-state index contributed by atoms with van der Waals surface area (Å²) in [6, 6.07) is 6.94. The van der Waals surface area contributed by atoms with Gasteiger partial charge < -0.3 is 14.8 Å². The number of hydrogen-bond acceptors (Lipinski definition) is 4. The lowest BCUT2D eigenvalue weighted by Gasteiger charge is -2.23. The van der Waals surface area contributed by atoms with Crippen LogP contribution in [0.3, 0.4) is 0 Å². The molecule has 0 bridgehead atoms. The fraction of sp³-hybridized carbons (Fsp3) is 0.368. The van der Waals surface area contributed by atoms with Gasteiger partial charge in [0.25, 0.3) is 0 Å². The molecule has 1 atom stereocenters. The van der Waals surface area contributed by atoms with Crippen LogP contribution >= 0.6 is 0 Å². The van der Waals surface area contributed by atoms with Crippen LogP contribution < -0.4 is 5.32 Å². The first-order chi connectivity index (χ1) is 11.7. The van der Waals surface area contributed by atoms with Crippen LogP contribution in [0.5, 0.6) is 0 Å². The van der Waals surface area contributed by atoms with E-state index in [1.807, 2.05) is 0 Å². The topological polar surface area (TPSA) is 79.5 Å². The van der Waals surface area contributed by atoms with E-state index in [-0.39, 0.29) is 31.1 Å². The number of furan rings is 1. The summed E-state index contributed by atoms with van der Waals surface area (Å²) in [5.74, 6) is 0.297. The van der Waals surface area contributed by atoms with E-state index in [2.05, 4.69) is 5.32 Å². The predicted molar refractivity (Wildman–Crippen MR) is 90.7 cm³/mol. The Morgan fingerprint density at radius 3 is 2.40 bits per heavy atom. The van der Waals surface area contributed by atoms with Gasteiger partial charge in [0.1, 0.15) is 22.9 Å². The maximum absolute atomic E-state index is 12.8. The minimum absolute atomic E-state index is 0.00428. The number of hydrogen-bond donors (Lipinski definition) is 2. The quantitative estimate of drug-likeness (QED) is 0.755. The van der Waals surface area contributed by atoms with Crippen LogP contribution in [0.1, 0.15) is 47.2 Å². The Labute approximate surface area is 145 Å². The van der Waals surface area contributed by atoms with Gasteiger partial charge in [0.2, 0.25) is 5.91 Å². The Hall–Kier alpha value is -2.47. The monoisotopic (exact) mass is 347 g/mol. The molecule has 134 valence electrons. The lowest BCUT2D eigenvalue weighted by molar-refractivity contribution is -0.122. The molecule has 1 aromatic carbocycles. The van der Waals surface area contributed by atoms with Crippen LogP contribution in [0.15, 0.2) is 34.7 Å². The van der Waals surface area contributed by atoms with Crippen molar-refractivity contribution in [3.63, 3.8) is 0 Å². The molecular formula is C19H22FNO4. The van der Waals surface area contributed by atoms with E-state index in [0.29, 0.717) is 22.6 Å². The minimum Gasteiger partial charge on any atom is -0.466 e. The summed E-state index contributed by atoms with van der Waals surface area (Å²) >= 11 is 0. The Bertz CT molecular complexity index is 762. The predicted octanol–water partition coefficient (Wildman–Crippen LogP) is 3.02. The average molecular weight is 347 g/mol. The fourth-order valence-electron chi connectivity index (χ4n) is 2.63. The zero-order chi connectivity index (χ0) is 18.6. The number of benzene rings is 1. The van der Waals surface area contributed by atoms with Crippen molar-refractivity contribution >= 4 is 11.7 Å². The number of carbonyl (C=O) groups excluding carboxylic acids is 2. The smallest absolute Gasteiger partial charge is 0.220 e. The van der Waals surface area contributed by atoms with E-state index in [0.717, 1.165) is 0 Å². The lowest BCUT2D eigenvalue weighted by atomic mass is 9.96. The summed E-state index contributed by atoms with van der Waals surface area (Å²) in [4.78, 5) is 23.9. The van der Waals surface area contributed by atoms with Crippen LogP contribution in [-0.4, -0.2) is 23.3 Å². The third-order valence-electron chi connectivity index (χ3n) is 4.00. The molecule has 0 saturated heterocycles. The van der Waals surface area contributed by atoms with E-state index in [4.69, 9.17) is 4.42 Å². The first kappa shape index (κ1) is 18.9. The van der Waals surface area contributed by atoms with Crippen LogP contribution in [0.4, 0.5) is 4.39 Å². The SMILES string of the molecule is Cc1cc(C(C)(O)CNC(=O)CCC(=O)c2ccc(F)cc2)c(C)o1. The van der Waals surface area contributed by atoms with Crippen molar-refractivity contribution < 1.29 is 23.5 Å². The number of Topliss-reactive ketones (excluding diaryl/α,β-unsaturated/α-hetero) is 1. The Kier molecular flexibility index (Phi) is 5.74. The summed E-state index contributed by atoms with van der Waals surface area (Å²) in [5.41, 5.74) is -0.281. The normalized spacial score (nSPS) is 13.3. The van der Waals surface area contributed by atoms with Gasteiger partial charge in [0.15, 0.2) is 5.78 Å². The Morgan fingerprint density at radius 2 is 1.84 bits per heavy atom. The van der Waals surface area contributed by atoms with E-state index in [1.165, 1.54) is 24.3 Å². The van der Waals surface area contributed by atoms with Crippen LogP contribution in [0.2, 0.25) is 0 Å². The second-order valence-electron chi connectivity index (χ2n) is 6.31. The van der Waals surface area contributed by atoms with Gasteiger partial charge in [-0.3, -0.25) is 9.59 Å². The number of carbonyl (C=O) groups is 2. The summed E-state index contributed by atoms with van der Waals surface area (Å²) in [6.45, 7) is 5.14. The summed E-state index contributed by atoms with van der Waals surface area (Å²) in [5, 5.41) is 13.2. The number of nitrogens with one attached hydrogen (secondary N) is 1. The molecule has 0 radical (unpaired) electrons. The van der Waals surface area contributed by atoms with Crippen LogP contribution in [-0.2, 0) is 10.4 Å². The molecule has 6 heteroatoms. The lowest BCUT2D eigenvalue weighted by Crippen LogP contribution is -2.38. The molecular weight excluding hydrogens is 325 g/mol. The maximum Gasteiger partial charge on any atom is 0.220 e. The number of aryl methyl sites for hydroxylation is 2. The first-order valence-corrected chi connectivity index (χ1v) is 8.04. The van der Waals surface area contributed by atoms with Crippen molar-refractivity contribution in [3.8, 4) is 0 Å². The molecule has 0 aliphatic carbocycles. The second-order valence-corrected chi connectivity index (χ2v) is 6.31. The molecule has 0 aliphatic heterocycles. The molecule has 5 nitrogen and oxygen atoms in total. The van der Waals surface area contributed by atoms with E-state index < -0.39 is 11.4 Å². The number of amides is 1. The molecule has 2 rings (SSSR count). The van der Waals surface area contributed by atoms with Crippen LogP contribution in [0.25, 0.3) is 0 Å². The third-order valence-corrected chi connectivity index (χ3v) is 4.00. The van der Waals surface area contributed by atoms with Crippen molar-refractivity contribution in [2.45, 2.75) is 39.2 Å². The molecule has 1 unspecified atom stereocenters. The molecule has 0 aliphatic rings. The summed E-state index contributed by atoms with van der Waals surface area (Å²) in [7, 11) is 0. The Balaban J connectivity index is 1.85. The van der Waals surface area contributed by atoms with Crippen molar-refractivity contribution in [1.82, 2.24) is 5.32 Å². The van der Waals surface area contributed by atoms with Gasteiger partial charge in [-0.2, -0.15) is 0 Å². The number of aliphatic hydroxyl groups is 1. The molecule has 2 aromatic rings. The largest absolute Gasteiger partial charge is 0.466 e. The van der Waals surface area contributed by atoms with Crippen LogP contribution in [0, 0.1) is 19.7 Å². The summed E-state index contributed by atoms with van der Waals surface area (Å²) < 4.78 is 18.2. The number of ketones is 1. The number of rotatable bonds is 7. The zero-order valence-corrected chi connectivity index (χ0v) is 14.6. The van der Waals surface area contributed by atoms with Gasteiger partial charge in [0, 0.05) is 24.0 Å². The highest BCUT2D eigenvalue weighted by molar-refractivity contribution is 5.97. The van der Waals surface area contributed by atoms with E-state index in [9.17, 15) is 19.1 Å². The van der Waals surface area contributed by atoms with Gasteiger partial charge in [-0.25, -0.2) is 4.39 Å². The van der Waals surface area contributed by atoms with Crippen molar-refractivity contribution in [1.29, 1.82) is 0 Å². The minimum atomic E-state index is -1.27. The number of halogens is 1. The van der Waals surface area contributed by atoms with Gasteiger partial charge in [-0.15, -0.1) is 0 Å². The average Bonchev–Trinajstić information content (AvgIpc) is 2.91. The van der Waals surface area contributed by atoms with Gasteiger partial charge >= 0.3 is 0 Å². The molecule has 1 amide bonds. The molecule has 2 N–H and O–H groups in total. The summed E-state index contributed by atoms with van der Waals surface area (Å²) in [6.07, 6.45) is 0.0130. The first-order valence-electron chi connectivity index (χ1n) is 8.04. The third kappa shape index (κ3) is 5.00. The second kappa shape index (κ2) is 7.61. The Morgan fingerprint density at radius 1 is 1.20 bits per heavy atom. The van der Waals surface area contributed by atoms with Crippen molar-refractivity contribution in [2.75, 3.05) is 6.54 Å². The molecule has 25 heavy (non-hydrogen) atoms. The highest BCUT2D eigenvalue weighted by Crippen LogP contribution is 2.26. The zero-order valence-electron chi connectivity index (χ0n) is 14.6. The molecule has 0 fully saturated rings. The van der Waals surface area contributed by atoms with Gasteiger partial charge in [-0.05, 0) is 51.1 Å². The van der Waals surface area contributed by atoms with Crippen molar-refractivity contribution in [2.24, 2.45) is 0 Å².